The van der Waals surface area contributed by atoms with Crippen LogP contribution in [0.1, 0.15) is 44.9 Å². The molecule has 6 heterocycles. The molecule has 2 aliphatic rings. The molecule has 58 heavy (non-hydrogen) atoms. The van der Waals surface area contributed by atoms with Crippen LogP contribution in [-0.2, 0) is 33.1 Å². The van der Waals surface area contributed by atoms with Gasteiger partial charge in [-0.15, -0.1) is 0 Å². The topological polar surface area (TPSA) is 297 Å². The first-order chi connectivity index (χ1) is 27.6. The van der Waals surface area contributed by atoms with Crippen LogP contribution in [0.4, 0.5) is 0 Å². The second kappa shape index (κ2) is 19.2. The number of hydrogen-bond donors (Lipinski definition) is 6. The molecular formula is C38H45N9O9S2. The van der Waals surface area contributed by atoms with Crippen molar-refractivity contribution in [3.8, 4) is 0 Å². The fourth-order valence-corrected chi connectivity index (χ4v) is 8.90. The first-order valence-electron chi connectivity index (χ1n) is 17.9. The Morgan fingerprint density at radius 2 is 1.28 bits per heavy atom. The van der Waals surface area contributed by atoms with Crippen molar-refractivity contribution in [3.05, 3.63) is 126 Å². The number of nitrogens with two attached hydrogens (primary N) is 4. The lowest BCUT2D eigenvalue weighted by Crippen LogP contribution is -2.31. The zero-order chi connectivity index (χ0) is 42.0. The Morgan fingerprint density at radius 1 is 0.741 bits per heavy atom. The minimum Gasteiger partial charge on any atom is -0.478 e. The van der Waals surface area contributed by atoms with Crippen LogP contribution < -0.4 is 22.9 Å². The highest BCUT2D eigenvalue weighted by atomic mass is 32.2. The van der Waals surface area contributed by atoms with E-state index in [1.54, 1.807) is 83.7 Å². The minimum absolute atomic E-state index is 0.0481. The molecule has 308 valence electrons. The number of furan rings is 1. The van der Waals surface area contributed by atoms with Gasteiger partial charge in [0.25, 0.3) is 0 Å². The zero-order valence-corrected chi connectivity index (χ0v) is 32.9. The van der Waals surface area contributed by atoms with Crippen LogP contribution in [0.5, 0.6) is 0 Å². The number of nitrogens with zero attached hydrogens (tertiary/aromatic N) is 5. The first kappa shape index (κ1) is 43.5. The molecule has 0 aliphatic carbocycles. The van der Waals surface area contributed by atoms with E-state index in [-0.39, 0.29) is 23.4 Å². The highest BCUT2D eigenvalue weighted by molar-refractivity contribution is 7.89. The van der Waals surface area contributed by atoms with Crippen molar-refractivity contribution in [2.24, 2.45) is 22.9 Å². The maximum Gasteiger partial charge on any atom is 0.371 e. The minimum atomic E-state index is -3.38. The lowest BCUT2D eigenvalue weighted by Gasteiger charge is -2.16. The van der Waals surface area contributed by atoms with Crippen molar-refractivity contribution in [2.45, 2.75) is 47.8 Å². The molecule has 0 amide bonds. The summed E-state index contributed by atoms with van der Waals surface area (Å²) in [5, 5.41) is 18.0. The average Bonchev–Trinajstić information content (AvgIpc) is 4.06. The fraction of sp³-hybridized carbons (Fsp3) is 0.263. The Hall–Kier alpha value is -5.58. The van der Waals surface area contributed by atoms with Gasteiger partial charge in [0.15, 0.2) is 5.58 Å². The predicted molar refractivity (Wildman–Crippen MR) is 214 cm³/mol. The monoisotopic (exact) mass is 835 g/mol. The maximum atomic E-state index is 12.2. The van der Waals surface area contributed by atoms with Gasteiger partial charge in [0.1, 0.15) is 5.65 Å². The van der Waals surface area contributed by atoms with Gasteiger partial charge >= 0.3 is 11.9 Å². The molecule has 0 saturated carbocycles. The molecule has 0 spiro atoms. The number of hydrogen-bond acceptors (Lipinski definition) is 13. The normalized spacial score (nSPS) is 17.1. The third kappa shape index (κ3) is 10.9. The fourth-order valence-electron chi connectivity index (χ4n) is 5.87. The summed E-state index contributed by atoms with van der Waals surface area (Å²) in [5.41, 5.74) is 25.7. The van der Waals surface area contributed by atoms with Crippen LogP contribution in [0.15, 0.2) is 118 Å². The summed E-state index contributed by atoms with van der Waals surface area (Å²) < 4.78 is 58.4. The number of imidazole rings is 1. The van der Waals surface area contributed by atoms with Gasteiger partial charge in [-0.1, -0.05) is 24.3 Å². The number of sulfonamides is 2. The molecule has 6 aromatic rings. The number of aromatic carboxylic acids is 2. The van der Waals surface area contributed by atoms with Crippen molar-refractivity contribution in [3.63, 3.8) is 0 Å². The van der Waals surface area contributed by atoms with Crippen LogP contribution >= 0.6 is 0 Å². The Morgan fingerprint density at radius 3 is 1.71 bits per heavy atom. The number of fused-ring (bicyclic) bond motifs is 2. The van der Waals surface area contributed by atoms with Crippen molar-refractivity contribution in [1.82, 2.24) is 23.0 Å². The van der Waals surface area contributed by atoms with E-state index in [4.69, 9.17) is 37.6 Å². The second-order valence-corrected chi connectivity index (χ2v) is 17.1. The van der Waals surface area contributed by atoms with Gasteiger partial charge in [-0.3, -0.25) is 4.98 Å². The van der Waals surface area contributed by atoms with E-state index < -0.39 is 32.0 Å². The van der Waals surface area contributed by atoms with E-state index in [2.05, 4.69) is 9.97 Å². The number of carbonyl (C=O) groups is 2. The number of rotatable bonds is 8. The molecule has 2 unspecified atom stereocenters. The molecule has 2 aromatic carbocycles. The third-order valence-corrected chi connectivity index (χ3v) is 12.9. The summed E-state index contributed by atoms with van der Waals surface area (Å²) in [7, 11) is -6.77. The molecule has 2 saturated heterocycles. The van der Waals surface area contributed by atoms with E-state index in [0.717, 1.165) is 35.0 Å². The van der Waals surface area contributed by atoms with Crippen LogP contribution in [0.25, 0.3) is 16.6 Å². The van der Waals surface area contributed by atoms with Crippen molar-refractivity contribution < 1.29 is 41.1 Å². The highest BCUT2D eigenvalue weighted by Gasteiger charge is 2.31. The van der Waals surface area contributed by atoms with Gasteiger partial charge in [-0.05, 0) is 72.5 Å². The van der Waals surface area contributed by atoms with Gasteiger partial charge in [-0.2, -0.15) is 8.61 Å². The molecule has 0 radical (unpaired) electrons. The Labute approximate surface area is 334 Å². The van der Waals surface area contributed by atoms with Gasteiger partial charge in [0, 0.05) is 81.5 Å². The predicted octanol–water partition coefficient (Wildman–Crippen LogP) is 2.29. The van der Waals surface area contributed by atoms with Crippen LogP contribution in [0, 0.1) is 0 Å². The lowest BCUT2D eigenvalue weighted by molar-refractivity contribution is 0.0662. The molecule has 4 aromatic heterocycles. The molecule has 2 atom stereocenters. The largest absolute Gasteiger partial charge is 0.478 e. The number of carboxylic acid groups (broad SMARTS) is 2. The second-order valence-electron chi connectivity index (χ2n) is 13.3. The van der Waals surface area contributed by atoms with Gasteiger partial charge in [0.2, 0.25) is 25.8 Å². The lowest BCUT2D eigenvalue weighted by atomic mass is 10.2. The van der Waals surface area contributed by atoms with Gasteiger partial charge in [-0.25, -0.2) is 31.4 Å². The molecule has 0 bridgehead atoms. The Balaban J connectivity index is 0.000000149. The molecule has 20 heteroatoms. The Bertz CT molecular complexity index is 2410. The summed E-state index contributed by atoms with van der Waals surface area (Å²) >= 11 is 0. The quantitative estimate of drug-likeness (QED) is 0.128. The Kier molecular flexibility index (Phi) is 14.4. The number of carboxylic acids is 2. The first-order valence-corrected chi connectivity index (χ1v) is 20.8. The average molecular weight is 836 g/mol. The van der Waals surface area contributed by atoms with E-state index in [1.165, 1.54) is 33.1 Å². The molecular weight excluding hydrogens is 791 g/mol. The summed E-state index contributed by atoms with van der Waals surface area (Å²) in [4.78, 5) is 29.4. The van der Waals surface area contributed by atoms with E-state index in [1.807, 2.05) is 0 Å². The van der Waals surface area contributed by atoms with Crippen LogP contribution in [0.2, 0.25) is 0 Å². The standard InChI is InChI=1S/2C11H17N3O2S.C8H6N2O2.C8H5NO3/c2*12-7-9-1-3-11(4-2-9)17(15,16)14-6-5-10(13)8-14;11-8(12)6-1-2-7-9-3-4-10(7)5-6;10-8(11)6-3-5-1-2-9-4-7(5)12-6/h2*1-4,10H,5-8,12-13H2;1-5H,(H,11,12);1-4H,(H,10,11). The number of benzene rings is 2. The van der Waals surface area contributed by atoms with Gasteiger partial charge < -0.3 is 42.0 Å². The van der Waals surface area contributed by atoms with Crippen molar-refractivity contribution in [1.29, 1.82) is 0 Å². The number of aromatic nitrogens is 3. The van der Waals surface area contributed by atoms with Crippen LogP contribution in [0.3, 0.4) is 0 Å². The van der Waals surface area contributed by atoms with E-state index >= 15 is 0 Å². The molecule has 2 fully saturated rings. The maximum absolute atomic E-state index is 12.2. The smallest absolute Gasteiger partial charge is 0.371 e. The molecule has 2 aliphatic heterocycles. The molecule has 8 rings (SSSR count). The summed E-state index contributed by atoms with van der Waals surface area (Å²) in [6, 6.07) is 19.6. The highest BCUT2D eigenvalue weighted by Crippen LogP contribution is 2.22. The summed E-state index contributed by atoms with van der Waals surface area (Å²) in [5.74, 6) is -2.05. The molecule has 18 nitrogen and oxygen atoms in total. The van der Waals surface area contributed by atoms with Gasteiger partial charge in [0.05, 0.1) is 21.6 Å². The zero-order valence-electron chi connectivity index (χ0n) is 31.2. The van der Waals surface area contributed by atoms with Crippen molar-refractivity contribution in [2.75, 3.05) is 26.2 Å². The number of pyridine rings is 2. The van der Waals surface area contributed by atoms with Crippen molar-refractivity contribution >= 4 is 48.6 Å². The summed E-state index contributed by atoms with van der Waals surface area (Å²) in [6.45, 7) is 2.63. The molecule has 10 N–H and O–H groups in total. The van der Waals surface area contributed by atoms with Crippen LogP contribution in [-0.4, -0.2) is 100 Å². The SMILES string of the molecule is NCc1ccc(S(=O)(=O)N2CCC(N)C2)cc1.NCc1ccc(S(=O)(=O)N2CCC(N)C2)cc1.O=C(O)c1cc2ccncc2o1.O=C(O)c1ccc2nccn2c1. The third-order valence-electron chi connectivity index (χ3n) is 9.14. The summed E-state index contributed by atoms with van der Waals surface area (Å²) in [6.07, 6.45) is 9.39. The van der Waals surface area contributed by atoms with E-state index in [0.29, 0.717) is 54.6 Å². The van der Waals surface area contributed by atoms with E-state index in [9.17, 15) is 26.4 Å².